The van der Waals surface area contributed by atoms with Gasteiger partial charge in [-0.2, -0.15) is 5.10 Å². The van der Waals surface area contributed by atoms with Crippen LogP contribution in [0.2, 0.25) is 0 Å². The largest absolute Gasteiger partial charge is 0.486 e. The molecular weight excluding hydrogens is 320 g/mol. The van der Waals surface area contributed by atoms with Crippen molar-refractivity contribution in [3.05, 3.63) is 63.4 Å². The number of ether oxygens (including phenoxy) is 1. The summed E-state index contributed by atoms with van der Waals surface area (Å²) in [4.78, 5) is 7.10. The molecule has 0 bridgehead atoms. The molecular formula is C18H20N4OS. The van der Waals surface area contributed by atoms with Gasteiger partial charge in [0, 0.05) is 37.6 Å². The van der Waals surface area contributed by atoms with Gasteiger partial charge in [0.2, 0.25) is 0 Å². The van der Waals surface area contributed by atoms with E-state index in [0.717, 1.165) is 36.1 Å². The second kappa shape index (κ2) is 6.37. The predicted octanol–water partition coefficient (Wildman–Crippen LogP) is 3.28. The Hall–Kier alpha value is -2.18. The normalized spacial score (nSPS) is 14.1. The minimum Gasteiger partial charge on any atom is -0.486 e. The third-order valence-electron chi connectivity index (χ3n) is 4.28. The molecule has 0 amide bonds. The van der Waals surface area contributed by atoms with E-state index in [1.165, 1.54) is 16.8 Å². The van der Waals surface area contributed by atoms with Crippen LogP contribution in [0.4, 0.5) is 0 Å². The first kappa shape index (κ1) is 15.4. The number of hydrogen-bond acceptors (Lipinski definition) is 5. The molecule has 5 nitrogen and oxygen atoms in total. The maximum absolute atomic E-state index is 5.81. The van der Waals surface area contributed by atoms with Crippen LogP contribution in [0, 0.1) is 6.92 Å². The number of nitrogens with zero attached hydrogens (tertiary/aromatic N) is 4. The van der Waals surface area contributed by atoms with Crippen molar-refractivity contribution in [2.24, 2.45) is 7.05 Å². The Balaban J connectivity index is 1.33. The molecule has 3 heterocycles. The van der Waals surface area contributed by atoms with E-state index < -0.39 is 0 Å². The fraction of sp³-hybridized carbons (Fsp3) is 0.333. The van der Waals surface area contributed by atoms with E-state index in [-0.39, 0.29) is 0 Å². The van der Waals surface area contributed by atoms with E-state index in [9.17, 15) is 0 Å². The lowest BCUT2D eigenvalue weighted by atomic mass is 10.2. The molecule has 4 rings (SSSR count). The van der Waals surface area contributed by atoms with Crippen molar-refractivity contribution in [1.82, 2.24) is 19.7 Å². The van der Waals surface area contributed by atoms with Crippen molar-refractivity contribution in [1.29, 1.82) is 0 Å². The van der Waals surface area contributed by atoms with Gasteiger partial charge in [-0.25, -0.2) is 4.98 Å². The highest BCUT2D eigenvalue weighted by Gasteiger charge is 2.23. The van der Waals surface area contributed by atoms with E-state index in [0.29, 0.717) is 6.61 Å². The van der Waals surface area contributed by atoms with Crippen LogP contribution in [0.25, 0.3) is 0 Å². The Morgan fingerprint density at radius 2 is 2.04 bits per heavy atom. The zero-order valence-electron chi connectivity index (χ0n) is 13.9. The van der Waals surface area contributed by atoms with E-state index in [1.807, 2.05) is 30.1 Å². The molecule has 0 unspecified atom stereocenters. The molecule has 0 saturated heterocycles. The summed E-state index contributed by atoms with van der Waals surface area (Å²) in [5.41, 5.74) is 4.99. The minimum atomic E-state index is 0.526. The zero-order chi connectivity index (χ0) is 16.5. The van der Waals surface area contributed by atoms with Crippen LogP contribution < -0.4 is 4.74 Å². The molecule has 2 aromatic heterocycles. The molecule has 1 aromatic carbocycles. The smallest absolute Gasteiger partial charge is 0.140 e. The van der Waals surface area contributed by atoms with Gasteiger partial charge in [0.15, 0.2) is 0 Å². The van der Waals surface area contributed by atoms with Crippen molar-refractivity contribution < 1.29 is 4.74 Å². The molecule has 1 aliphatic heterocycles. The second-order valence-electron chi connectivity index (χ2n) is 6.22. The summed E-state index contributed by atoms with van der Waals surface area (Å²) in [6.07, 6.45) is 1.97. The highest BCUT2D eigenvalue weighted by molar-refractivity contribution is 7.09. The van der Waals surface area contributed by atoms with Crippen LogP contribution in [0.1, 0.15) is 27.5 Å². The molecule has 0 fully saturated rings. The van der Waals surface area contributed by atoms with Crippen LogP contribution in [0.5, 0.6) is 5.75 Å². The lowest BCUT2D eigenvalue weighted by molar-refractivity contribution is 0.265. The lowest BCUT2D eigenvalue weighted by Crippen LogP contribution is -2.17. The lowest BCUT2D eigenvalue weighted by Gasteiger charge is -2.13. The number of rotatable bonds is 5. The summed E-state index contributed by atoms with van der Waals surface area (Å²) in [6, 6.07) is 8.11. The SMILES string of the molecule is Cc1ccc(OCc2nc(CN3Cc4cnn(C)c4C3)cs2)cc1. The third kappa shape index (κ3) is 3.20. The van der Waals surface area contributed by atoms with Crippen molar-refractivity contribution in [3.63, 3.8) is 0 Å². The molecule has 3 aromatic rings. The summed E-state index contributed by atoms with van der Waals surface area (Å²) in [5, 5.41) is 7.45. The van der Waals surface area contributed by atoms with E-state index in [1.54, 1.807) is 11.3 Å². The number of aromatic nitrogens is 3. The topological polar surface area (TPSA) is 43.2 Å². The molecule has 0 aliphatic carbocycles. The summed E-state index contributed by atoms with van der Waals surface area (Å²) in [7, 11) is 2.01. The molecule has 0 N–H and O–H groups in total. The molecule has 0 saturated carbocycles. The Labute approximate surface area is 145 Å². The highest BCUT2D eigenvalue weighted by Crippen LogP contribution is 2.24. The van der Waals surface area contributed by atoms with Crippen molar-refractivity contribution in [2.75, 3.05) is 0 Å². The van der Waals surface area contributed by atoms with Crippen molar-refractivity contribution >= 4 is 11.3 Å². The summed E-state index contributed by atoms with van der Waals surface area (Å²) < 4.78 is 7.78. The molecule has 24 heavy (non-hydrogen) atoms. The quantitative estimate of drug-likeness (QED) is 0.715. The van der Waals surface area contributed by atoms with E-state index in [2.05, 4.69) is 34.4 Å². The zero-order valence-corrected chi connectivity index (χ0v) is 14.7. The Kier molecular flexibility index (Phi) is 4.08. The van der Waals surface area contributed by atoms with Gasteiger partial charge >= 0.3 is 0 Å². The standard InChI is InChI=1S/C18H20N4OS/c1-13-3-5-16(6-4-13)23-11-18-20-15(12-24-18)9-22-8-14-7-19-21(2)17(14)10-22/h3-7,12H,8-11H2,1-2H3. The first-order valence-electron chi connectivity index (χ1n) is 8.02. The van der Waals surface area contributed by atoms with Crippen LogP contribution in [-0.4, -0.2) is 19.7 Å². The van der Waals surface area contributed by atoms with Gasteiger partial charge in [-0.3, -0.25) is 9.58 Å². The number of thiazole rings is 1. The highest BCUT2D eigenvalue weighted by atomic mass is 32.1. The summed E-state index contributed by atoms with van der Waals surface area (Å²) >= 11 is 1.66. The van der Waals surface area contributed by atoms with E-state index >= 15 is 0 Å². The molecule has 0 spiro atoms. The monoisotopic (exact) mass is 340 g/mol. The fourth-order valence-corrected chi connectivity index (χ4v) is 3.66. The first-order valence-corrected chi connectivity index (χ1v) is 8.90. The van der Waals surface area contributed by atoms with Gasteiger partial charge in [0.1, 0.15) is 17.4 Å². The number of aryl methyl sites for hydroxylation is 2. The van der Waals surface area contributed by atoms with Crippen LogP contribution in [-0.2, 0) is 33.3 Å². The molecule has 0 radical (unpaired) electrons. The summed E-state index contributed by atoms with van der Waals surface area (Å²) in [5.74, 6) is 0.889. The second-order valence-corrected chi connectivity index (χ2v) is 7.16. The number of hydrogen-bond donors (Lipinski definition) is 0. The summed E-state index contributed by atoms with van der Waals surface area (Å²) in [6.45, 7) is 5.37. The molecule has 1 aliphatic rings. The average Bonchev–Trinajstić information content (AvgIpc) is 3.26. The number of fused-ring (bicyclic) bond motifs is 1. The predicted molar refractivity (Wildman–Crippen MR) is 93.8 cm³/mol. The number of benzene rings is 1. The van der Waals surface area contributed by atoms with Crippen LogP contribution >= 0.6 is 11.3 Å². The maximum Gasteiger partial charge on any atom is 0.140 e. The average molecular weight is 340 g/mol. The van der Waals surface area contributed by atoms with Gasteiger partial charge < -0.3 is 4.74 Å². The Morgan fingerprint density at radius 1 is 1.21 bits per heavy atom. The van der Waals surface area contributed by atoms with Crippen molar-refractivity contribution in [2.45, 2.75) is 33.2 Å². The maximum atomic E-state index is 5.81. The fourth-order valence-electron chi connectivity index (χ4n) is 2.96. The van der Waals surface area contributed by atoms with Gasteiger partial charge in [0.05, 0.1) is 17.6 Å². The Morgan fingerprint density at radius 3 is 2.83 bits per heavy atom. The van der Waals surface area contributed by atoms with Gasteiger partial charge in [-0.15, -0.1) is 11.3 Å². The van der Waals surface area contributed by atoms with Gasteiger partial charge in [-0.05, 0) is 19.1 Å². The Bertz CT molecular complexity index is 837. The molecule has 124 valence electrons. The van der Waals surface area contributed by atoms with E-state index in [4.69, 9.17) is 9.72 Å². The third-order valence-corrected chi connectivity index (χ3v) is 5.15. The van der Waals surface area contributed by atoms with Gasteiger partial charge in [0.25, 0.3) is 0 Å². The molecule has 6 heteroatoms. The van der Waals surface area contributed by atoms with Crippen molar-refractivity contribution in [3.8, 4) is 5.75 Å². The van der Waals surface area contributed by atoms with Crippen LogP contribution in [0.15, 0.2) is 35.8 Å². The molecule has 0 atom stereocenters. The van der Waals surface area contributed by atoms with Gasteiger partial charge in [-0.1, -0.05) is 17.7 Å². The first-order chi connectivity index (χ1) is 11.7. The van der Waals surface area contributed by atoms with Crippen LogP contribution in [0.3, 0.4) is 0 Å². The minimum absolute atomic E-state index is 0.526.